The molecule has 4 aromatic rings. The van der Waals surface area contributed by atoms with Crippen LogP contribution in [-0.2, 0) is 32.1 Å². The summed E-state index contributed by atoms with van der Waals surface area (Å²) in [4.78, 5) is 0. The van der Waals surface area contributed by atoms with Crippen LogP contribution in [0.2, 0.25) is 36.3 Å². The number of hydrogen-bond donors (Lipinski definition) is 0. The Kier molecular flexibility index (Phi) is 15.5. The van der Waals surface area contributed by atoms with Gasteiger partial charge in [0, 0.05) is 0 Å². The summed E-state index contributed by atoms with van der Waals surface area (Å²) in [5, 5.41) is 3.29. The molecule has 298 valence electrons. The van der Waals surface area contributed by atoms with E-state index in [4.69, 9.17) is 0 Å². The first-order chi connectivity index (χ1) is 25.7. The van der Waals surface area contributed by atoms with Crippen LogP contribution in [0.3, 0.4) is 0 Å². The zero-order valence-corrected chi connectivity index (χ0v) is 42.6. The normalized spacial score (nSPS) is 13.9. The van der Waals surface area contributed by atoms with E-state index in [-0.39, 0.29) is 35.6 Å². The van der Waals surface area contributed by atoms with E-state index in [0.29, 0.717) is 3.63 Å². The number of benzene rings is 4. The zero-order chi connectivity index (χ0) is 39.1. The van der Waals surface area contributed by atoms with Crippen LogP contribution in [0.15, 0.2) is 106 Å². The van der Waals surface area contributed by atoms with E-state index in [2.05, 4.69) is 186 Å². The Morgan fingerprint density at radius 1 is 0.554 bits per heavy atom. The molecule has 0 amide bonds. The summed E-state index contributed by atoms with van der Waals surface area (Å²) in [6, 6.07) is 43.5. The van der Waals surface area contributed by atoms with Crippen LogP contribution >= 0.6 is 0 Å². The van der Waals surface area contributed by atoms with Crippen molar-refractivity contribution in [3.05, 3.63) is 140 Å². The van der Waals surface area contributed by atoms with Crippen LogP contribution in [0.1, 0.15) is 127 Å². The Bertz CT molecular complexity index is 1920. The SMILES string of the molecule is CC[Si](CC)(CC)c1ccc([C](c2ccc([Si](CC)(CC)CC)cc2)=[Zr+2]([C]2=CC=CC2)[CH]2c3cc(C(C)(C)C)ccc3-c3ccc(C(C)(C)C)cc32)cc1.[Cl-].[Cl-]. The Morgan fingerprint density at radius 2 is 0.929 bits per heavy atom. The van der Waals surface area contributed by atoms with Crippen molar-refractivity contribution in [3.8, 4) is 11.1 Å². The minimum absolute atomic E-state index is 0. The second kappa shape index (κ2) is 18.6. The largest absolute Gasteiger partial charge is 1.00 e. The van der Waals surface area contributed by atoms with Gasteiger partial charge in [-0.25, -0.2) is 0 Å². The van der Waals surface area contributed by atoms with Gasteiger partial charge in [-0.05, 0) is 0 Å². The third kappa shape index (κ3) is 8.70. The van der Waals surface area contributed by atoms with E-state index in [1.807, 2.05) is 0 Å². The van der Waals surface area contributed by atoms with Gasteiger partial charge in [-0.3, -0.25) is 0 Å². The molecule has 0 atom stereocenters. The van der Waals surface area contributed by atoms with Gasteiger partial charge in [-0.15, -0.1) is 0 Å². The van der Waals surface area contributed by atoms with Gasteiger partial charge in [-0.1, -0.05) is 0 Å². The predicted octanol–water partition coefficient (Wildman–Crippen LogP) is 7.52. The summed E-state index contributed by atoms with van der Waals surface area (Å²) in [7, 11) is -3.01. The Balaban J connectivity index is 0.00000348. The van der Waals surface area contributed by atoms with Crippen molar-refractivity contribution in [2.24, 2.45) is 0 Å². The van der Waals surface area contributed by atoms with Crippen molar-refractivity contribution in [2.75, 3.05) is 0 Å². The van der Waals surface area contributed by atoms with Gasteiger partial charge in [0.1, 0.15) is 0 Å². The van der Waals surface area contributed by atoms with Gasteiger partial charge in [0.05, 0.1) is 0 Å². The fraction of sp³-hybridized carbons (Fsp3) is 0.431. The molecule has 56 heavy (non-hydrogen) atoms. The van der Waals surface area contributed by atoms with Crippen molar-refractivity contribution in [2.45, 2.75) is 140 Å². The van der Waals surface area contributed by atoms with Crippen LogP contribution in [0, 0.1) is 0 Å². The Morgan fingerprint density at radius 3 is 1.23 bits per heavy atom. The molecule has 0 saturated carbocycles. The van der Waals surface area contributed by atoms with Crippen LogP contribution in [0.5, 0.6) is 0 Å². The molecule has 0 radical (unpaired) electrons. The summed E-state index contributed by atoms with van der Waals surface area (Å²) in [5.74, 6) is 0. The molecule has 0 spiro atoms. The second-order valence-corrected chi connectivity index (χ2v) is 35.3. The molecule has 2 aliphatic carbocycles. The fourth-order valence-corrected chi connectivity index (χ4v) is 26.0. The molecule has 0 aliphatic heterocycles. The first-order valence-corrected chi connectivity index (χ1v) is 30.4. The van der Waals surface area contributed by atoms with Gasteiger partial charge in [0.2, 0.25) is 0 Å². The molecule has 2 aliphatic rings. The predicted molar refractivity (Wildman–Crippen MR) is 243 cm³/mol. The molecular formula is C51H68Cl2Si2Zr. The summed E-state index contributed by atoms with van der Waals surface area (Å²) < 4.78 is 3.82. The minimum Gasteiger partial charge on any atom is -1.00 e. The molecule has 0 nitrogen and oxygen atoms in total. The molecule has 0 bridgehead atoms. The Labute approximate surface area is 364 Å². The molecule has 0 saturated heterocycles. The van der Waals surface area contributed by atoms with Crippen molar-refractivity contribution in [1.82, 2.24) is 0 Å². The summed E-state index contributed by atoms with van der Waals surface area (Å²) in [6.07, 6.45) is 8.42. The van der Waals surface area contributed by atoms with E-state index < -0.39 is 37.4 Å². The molecule has 0 N–H and O–H groups in total. The first kappa shape index (κ1) is 46.8. The molecule has 0 heterocycles. The maximum atomic E-state index is 2.64. The van der Waals surface area contributed by atoms with Gasteiger partial charge < -0.3 is 24.8 Å². The van der Waals surface area contributed by atoms with E-state index in [0.717, 1.165) is 6.42 Å². The molecule has 0 fully saturated rings. The number of hydrogen-bond acceptors (Lipinski definition) is 0. The van der Waals surface area contributed by atoms with Gasteiger partial charge in [0.25, 0.3) is 0 Å². The second-order valence-electron chi connectivity index (χ2n) is 18.5. The molecule has 4 aromatic carbocycles. The number of allylic oxidation sites excluding steroid dienone is 4. The van der Waals surface area contributed by atoms with Crippen LogP contribution in [0.25, 0.3) is 11.1 Å². The van der Waals surface area contributed by atoms with Crippen LogP contribution in [0.4, 0.5) is 0 Å². The summed E-state index contributed by atoms with van der Waals surface area (Å²) >= 11 is -2.84. The summed E-state index contributed by atoms with van der Waals surface area (Å²) in [6.45, 7) is 28.9. The monoisotopic (exact) mass is 896 g/mol. The minimum atomic E-state index is -2.84. The smallest absolute Gasteiger partial charge is 1.00 e. The van der Waals surface area contributed by atoms with E-state index >= 15 is 0 Å². The van der Waals surface area contributed by atoms with Gasteiger partial charge in [-0.2, -0.15) is 0 Å². The van der Waals surface area contributed by atoms with Crippen molar-refractivity contribution >= 4 is 29.7 Å². The fourth-order valence-electron chi connectivity index (χ4n) is 9.83. The van der Waals surface area contributed by atoms with Crippen LogP contribution < -0.4 is 35.2 Å². The van der Waals surface area contributed by atoms with Crippen molar-refractivity contribution in [1.29, 1.82) is 0 Å². The number of rotatable bonds is 12. The third-order valence-electron chi connectivity index (χ3n) is 14.1. The van der Waals surface area contributed by atoms with Crippen molar-refractivity contribution in [3.63, 3.8) is 0 Å². The molecule has 5 heteroatoms. The van der Waals surface area contributed by atoms with Gasteiger partial charge >= 0.3 is 342 Å². The Hall–Kier alpha value is -1.87. The van der Waals surface area contributed by atoms with Gasteiger partial charge in [0.15, 0.2) is 0 Å². The zero-order valence-electron chi connectivity index (χ0n) is 36.6. The third-order valence-corrected chi connectivity index (χ3v) is 33.6. The summed E-state index contributed by atoms with van der Waals surface area (Å²) in [5.41, 5.74) is 12.1. The van der Waals surface area contributed by atoms with Crippen LogP contribution in [-0.4, -0.2) is 19.4 Å². The first-order valence-electron chi connectivity index (χ1n) is 21.3. The quantitative estimate of drug-likeness (QED) is 0.129. The van der Waals surface area contributed by atoms with Crippen molar-refractivity contribution < 1.29 is 46.1 Å². The standard InChI is InChI=1S/C25H38Si2.C21H25.C5H5.2ClH.Zr/c1-7-26(8-2,9-3)24-17-13-22(14-18-24)21-23-15-19-25(20-16-23)27(10-4,11-5)12-6;1-20(2,3)16-7-9-18-14(12-16)11-15-13-17(21(4,5)6)8-10-19(15)18;1-2-4-5-3-1;;;/h13-20H,7-12H2,1-6H3;7-13H,1-6H3;1-3H,4H2;2*1H;/q;;;;;+2/p-2. The topological polar surface area (TPSA) is 0 Å². The van der Waals surface area contributed by atoms with E-state index in [1.165, 1.54) is 69.6 Å². The number of halogens is 2. The average molecular weight is 899 g/mol. The number of fused-ring (bicyclic) bond motifs is 3. The maximum absolute atomic E-state index is 2.84. The molecule has 0 aromatic heterocycles. The maximum Gasteiger partial charge on any atom is -1.00 e. The average Bonchev–Trinajstić information content (AvgIpc) is 3.82. The van der Waals surface area contributed by atoms with E-state index in [9.17, 15) is 0 Å². The molecular weight excluding hydrogens is 831 g/mol. The molecule has 0 unspecified atom stereocenters. The molecule has 6 rings (SSSR count). The van der Waals surface area contributed by atoms with E-state index in [1.54, 1.807) is 28.0 Å².